The SMILES string of the molecule is c1ccc(P2c3ccccc3CC23CC3)cc1. The van der Waals surface area contributed by atoms with Gasteiger partial charge < -0.3 is 0 Å². The van der Waals surface area contributed by atoms with Crippen molar-refractivity contribution in [2.75, 3.05) is 0 Å². The molecule has 1 atom stereocenters. The van der Waals surface area contributed by atoms with Gasteiger partial charge in [0.05, 0.1) is 0 Å². The first kappa shape index (κ1) is 9.85. The fraction of sp³-hybridized carbons (Fsp3) is 0.250. The molecular weight excluding hydrogens is 223 g/mol. The second-order valence-electron chi connectivity index (χ2n) is 5.20. The number of fused-ring (bicyclic) bond motifs is 1. The van der Waals surface area contributed by atoms with Crippen LogP contribution < -0.4 is 10.6 Å². The highest BCUT2D eigenvalue weighted by atomic mass is 31.1. The van der Waals surface area contributed by atoms with Crippen LogP contribution in [0.4, 0.5) is 0 Å². The Morgan fingerprint density at radius 3 is 2.29 bits per heavy atom. The summed E-state index contributed by atoms with van der Waals surface area (Å²) in [4.78, 5) is 0. The van der Waals surface area contributed by atoms with Crippen LogP contribution in [0, 0.1) is 0 Å². The maximum absolute atomic E-state index is 2.36. The van der Waals surface area contributed by atoms with E-state index in [0.717, 1.165) is 0 Å². The summed E-state index contributed by atoms with van der Waals surface area (Å²) in [5.41, 5.74) is 1.61. The first-order valence-electron chi connectivity index (χ1n) is 6.32. The number of rotatable bonds is 1. The van der Waals surface area contributed by atoms with Gasteiger partial charge in [0.25, 0.3) is 0 Å². The van der Waals surface area contributed by atoms with Crippen molar-refractivity contribution in [3.63, 3.8) is 0 Å². The molecule has 0 radical (unpaired) electrons. The third-order valence-corrected chi connectivity index (χ3v) is 7.35. The molecule has 1 fully saturated rings. The topological polar surface area (TPSA) is 0 Å². The van der Waals surface area contributed by atoms with E-state index in [9.17, 15) is 0 Å². The van der Waals surface area contributed by atoms with Crippen molar-refractivity contribution in [1.29, 1.82) is 0 Å². The standard InChI is InChI=1S/C16H15P/c1-2-7-14(8-3-1)17-15-9-5-4-6-13(15)12-16(17)10-11-16/h1-9H,10-12H2. The third-order valence-electron chi connectivity index (χ3n) is 4.07. The molecule has 4 rings (SSSR count). The second kappa shape index (κ2) is 3.43. The summed E-state index contributed by atoms with van der Waals surface area (Å²) in [7, 11) is -0.0882. The minimum Gasteiger partial charge on any atom is -0.0622 e. The summed E-state index contributed by atoms with van der Waals surface area (Å²) in [6.45, 7) is 0. The smallest absolute Gasteiger partial charge is 0.00270 e. The molecule has 1 unspecified atom stereocenters. The molecule has 0 nitrogen and oxygen atoms in total. The molecule has 1 spiro atoms. The Kier molecular flexibility index (Phi) is 1.99. The number of hydrogen-bond acceptors (Lipinski definition) is 0. The molecular formula is C16H15P. The fourth-order valence-electron chi connectivity index (χ4n) is 3.10. The first-order valence-corrected chi connectivity index (χ1v) is 7.66. The van der Waals surface area contributed by atoms with Gasteiger partial charge in [-0.2, -0.15) is 0 Å². The van der Waals surface area contributed by atoms with E-state index >= 15 is 0 Å². The van der Waals surface area contributed by atoms with Gasteiger partial charge in [0.15, 0.2) is 0 Å². The Hall–Kier alpha value is -1.13. The van der Waals surface area contributed by atoms with Crippen molar-refractivity contribution in [1.82, 2.24) is 0 Å². The molecule has 0 aromatic heterocycles. The maximum Gasteiger partial charge on any atom is 0.00270 e. The maximum atomic E-state index is 2.36. The molecule has 84 valence electrons. The third kappa shape index (κ3) is 1.40. The quantitative estimate of drug-likeness (QED) is 0.669. The average Bonchev–Trinajstić information content (AvgIpc) is 3.05. The van der Waals surface area contributed by atoms with Crippen LogP contribution in [0.3, 0.4) is 0 Å². The van der Waals surface area contributed by atoms with Gasteiger partial charge in [-0.25, -0.2) is 0 Å². The van der Waals surface area contributed by atoms with E-state index in [-0.39, 0.29) is 7.92 Å². The van der Waals surface area contributed by atoms with E-state index in [0.29, 0.717) is 5.16 Å². The van der Waals surface area contributed by atoms with Crippen molar-refractivity contribution in [2.24, 2.45) is 0 Å². The second-order valence-corrected chi connectivity index (χ2v) is 7.82. The molecule has 2 aliphatic rings. The van der Waals surface area contributed by atoms with Gasteiger partial charge in [0.1, 0.15) is 0 Å². The lowest BCUT2D eigenvalue weighted by molar-refractivity contribution is 0.905. The molecule has 0 saturated heterocycles. The molecule has 2 aromatic carbocycles. The predicted molar refractivity (Wildman–Crippen MR) is 74.7 cm³/mol. The molecule has 1 heterocycles. The van der Waals surface area contributed by atoms with Crippen LogP contribution in [-0.4, -0.2) is 5.16 Å². The van der Waals surface area contributed by atoms with Crippen LogP contribution in [0.1, 0.15) is 18.4 Å². The monoisotopic (exact) mass is 238 g/mol. The molecule has 1 aliphatic carbocycles. The van der Waals surface area contributed by atoms with Gasteiger partial charge in [0, 0.05) is 5.16 Å². The zero-order chi connectivity index (χ0) is 11.3. The summed E-state index contributed by atoms with van der Waals surface area (Å²) in [5.74, 6) is 0. The molecule has 1 saturated carbocycles. The summed E-state index contributed by atoms with van der Waals surface area (Å²) in [5, 5.41) is 3.86. The summed E-state index contributed by atoms with van der Waals surface area (Å²) in [6.07, 6.45) is 4.19. The number of hydrogen-bond donors (Lipinski definition) is 0. The highest BCUT2D eigenvalue weighted by Crippen LogP contribution is 2.67. The highest BCUT2D eigenvalue weighted by Gasteiger charge is 2.54. The zero-order valence-corrected chi connectivity index (χ0v) is 10.7. The minimum absolute atomic E-state index is 0.0882. The van der Waals surface area contributed by atoms with E-state index in [1.54, 1.807) is 16.2 Å². The van der Waals surface area contributed by atoms with E-state index in [2.05, 4.69) is 54.6 Å². The van der Waals surface area contributed by atoms with Gasteiger partial charge in [-0.05, 0) is 43.4 Å². The van der Waals surface area contributed by atoms with Crippen molar-refractivity contribution in [2.45, 2.75) is 24.4 Å². The van der Waals surface area contributed by atoms with E-state index in [1.807, 2.05) is 0 Å². The molecule has 17 heavy (non-hydrogen) atoms. The Morgan fingerprint density at radius 1 is 0.824 bits per heavy atom. The minimum atomic E-state index is -0.0882. The largest absolute Gasteiger partial charge is 0.0622 e. The average molecular weight is 238 g/mol. The molecule has 0 N–H and O–H groups in total. The van der Waals surface area contributed by atoms with Gasteiger partial charge in [-0.15, -0.1) is 0 Å². The van der Waals surface area contributed by atoms with E-state index in [4.69, 9.17) is 0 Å². The zero-order valence-electron chi connectivity index (χ0n) is 9.76. The van der Waals surface area contributed by atoms with Crippen molar-refractivity contribution in [3.8, 4) is 0 Å². The first-order chi connectivity index (χ1) is 8.39. The number of benzene rings is 2. The van der Waals surface area contributed by atoms with Crippen LogP contribution >= 0.6 is 7.92 Å². The van der Waals surface area contributed by atoms with Gasteiger partial charge in [-0.3, -0.25) is 0 Å². The van der Waals surface area contributed by atoms with Crippen LogP contribution in [0.5, 0.6) is 0 Å². The molecule has 0 bridgehead atoms. The van der Waals surface area contributed by atoms with Gasteiger partial charge >= 0.3 is 0 Å². The molecule has 0 amide bonds. The Balaban J connectivity index is 1.89. The lowest BCUT2D eigenvalue weighted by Crippen LogP contribution is -2.16. The van der Waals surface area contributed by atoms with Gasteiger partial charge in [-0.1, -0.05) is 54.6 Å². The van der Waals surface area contributed by atoms with Crippen LogP contribution in [0.2, 0.25) is 0 Å². The normalized spacial score (nSPS) is 23.6. The molecule has 1 heteroatoms. The molecule has 1 aliphatic heterocycles. The Labute approximate surface area is 103 Å². The van der Waals surface area contributed by atoms with Crippen LogP contribution in [0.15, 0.2) is 54.6 Å². The summed E-state index contributed by atoms with van der Waals surface area (Å²) >= 11 is 0. The van der Waals surface area contributed by atoms with Crippen molar-refractivity contribution >= 4 is 18.5 Å². The predicted octanol–water partition coefficient (Wildman–Crippen LogP) is 3.21. The van der Waals surface area contributed by atoms with Crippen LogP contribution in [0.25, 0.3) is 0 Å². The van der Waals surface area contributed by atoms with Crippen molar-refractivity contribution < 1.29 is 0 Å². The lowest BCUT2D eigenvalue weighted by atomic mass is 10.1. The van der Waals surface area contributed by atoms with E-state index in [1.165, 1.54) is 19.3 Å². The van der Waals surface area contributed by atoms with E-state index < -0.39 is 0 Å². The Morgan fingerprint density at radius 2 is 1.53 bits per heavy atom. The summed E-state index contributed by atoms with van der Waals surface area (Å²) < 4.78 is 0. The van der Waals surface area contributed by atoms with Gasteiger partial charge in [0.2, 0.25) is 0 Å². The lowest BCUT2D eigenvalue weighted by Gasteiger charge is -2.20. The van der Waals surface area contributed by atoms with Crippen LogP contribution in [-0.2, 0) is 6.42 Å². The Bertz CT molecular complexity index is 555. The fourth-order valence-corrected chi connectivity index (χ4v) is 6.47. The highest BCUT2D eigenvalue weighted by molar-refractivity contribution is 7.75. The summed E-state index contributed by atoms with van der Waals surface area (Å²) in [6, 6.07) is 20.3. The molecule has 2 aromatic rings. The van der Waals surface area contributed by atoms with Crippen molar-refractivity contribution in [3.05, 3.63) is 60.2 Å².